The number of aliphatic carboxylic acids is 1. The number of ether oxygens (including phenoxy) is 1. The van der Waals surface area contributed by atoms with Crippen molar-refractivity contribution in [3.05, 3.63) is 68.5 Å². The van der Waals surface area contributed by atoms with Gasteiger partial charge >= 0.3 is 5.69 Å². The van der Waals surface area contributed by atoms with Gasteiger partial charge in [-0.2, -0.15) is 0 Å². The Hall–Kier alpha value is -2.49. The number of aryl methyl sites for hydroxylation is 1. The topological polar surface area (TPSA) is 103 Å². The predicted octanol–water partition coefficient (Wildman–Crippen LogP) is 2.55. The number of hydrogen-bond acceptors (Lipinski definition) is 6. The molecule has 0 aliphatic carbocycles. The van der Waals surface area contributed by atoms with Crippen LogP contribution in [0.4, 0.5) is 0 Å². The summed E-state index contributed by atoms with van der Waals surface area (Å²) in [5, 5.41) is 12.1. The second-order valence-corrected chi connectivity index (χ2v) is 15.4. The number of benzene rings is 1. The van der Waals surface area contributed by atoms with Crippen LogP contribution < -0.4 is 16.4 Å². The molecule has 0 radical (unpaired) electrons. The molecular formula is C25H35N2O6Si-. The highest BCUT2D eigenvalue weighted by Crippen LogP contribution is 2.37. The number of hydrogen-bond donors (Lipinski definition) is 0. The highest BCUT2D eigenvalue weighted by molar-refractivity contribution is 6.74. The Labute approximate surface area is 201 Å². The first-order chi connectivity index (χ1) is 15.8. The van der Waals surface area contributed by atoms with Crippen molar-refractivity contribution in [2.75, 3.05) is 6.61 Å². The predicted molar refractivity (Wildman–Crippen MR) is 130 cm³/mol. The highest BCUT2D eigenvalue weighted by atomic mass is 28.4. The summed E-state index contributed by atoms with van der Waals surface area (Å²) in [6.07, 6.45) is 1.93. The zero-order chi connectivity index (χ0) is 25.3. The number of carboxylic acids is 1. The fourth-order valence-corrected chi connectivity index (χ4v) is 4.89. The first-order valence-electron chi connectivity index (χ1n) is 11.7. The lowest BCUT2D eigenvalue weighted by Gasteiger charge is -2.36. The average molecular weight is 488 g/mol. The lowest BCUT2D eigenvalue weighted by Crippen LogP contribution is -2.49. The Morgan fingerprint density at radius 3 is 2.44 bits per heavy atom. The molecule has 1 aliphatic heterocycles. The van der Waals surface area contributed by atoms with E-state index in [0.29, 0.717) is 25.0 Å². The molecule has 1 saturated heterocycles. The van der Waals surface area contributed by atoms with E-state index in [-0.39, 0.29) is 23.1 Å². The third-order valence-corrected chi connectivity index (χ3v) is 11.5. The number of carboxylic acid groups (broad SMARTS) is 1. The van der Waals surface area contributed by atoms with Gasteiger partial charge < -0.3 is 19.1 Å². The molecule has 186 valence electrons. The first kappa shape index (κ1) is 26.1. The van der Waals surface area contributed by atoms with E-state index in [1.165, 1.54) is 10.8 Å². The lowest BCUT2D eigenvalue weighted by atomic mass is 10.1. The van der Waals surface area contributed by atoms with Gasteiger partial charge in [-0.1, -0.05) is 51.1 Å². The van der Waals surface area contributed by atoms with E-state index in [1.807, 2.05) is 6.07 Å². The molecule has 0 saturated carbocycles. The Kier molecular flexibility index (Phi) is 7.69. The molecule has 9 heteroatoms. The van der Waals surface area contributed by atoms with Crippen molar-refractivity contribution >= 4 is 14.3 Å². The number of carbonyl (C=O) groups excluding carboxylic acids is 1. The fourth-order valence-electron chi connectivity index (χ4n) is 3.85. The summed E-state index contributed by atoms with van der Waals surface area (Å²) in [7, 11) is -1.94. The largest absolute Gasteiger partial charge is 0.548 e. The molecular weight excluding hydrogens is 452 g/mol. The highest BCUT2D eigenvalue weighted by Gasteiger charge is 2.39. The van der Waals surface area contributed by atoms with E-state index in [4.69, 9.17) is 9.16 Å². The van der Waals surface area contributed by atoms with Crippen LogP contribution in [0.3, 0.4) is 0 Å². The molecule has 0 bridgehead atoms. The van der Waals surface area contributed by atoms with Crippen LogP contribution in [0.2, 0.25) is 18.1 Å². The molecule has 1 aromatic heterocycles. The van der Waals surface area contributed by atoms with Crippen LogP contribution in [0, 0.1) is 6.92 Å². The van der Waals surface area contributed by atoms with Gasteiger partial charge in [0, 0.05) is 11.8 Å². The smallest absolute Gasteiger partial charge is 0.333 e. The van der Waals surface area contributed by atoms with Gasteiger partial charge in [0.1, 0.15) is 6.23 Å². The molecule has 8 nitrogen and oxygen atoms in total. The van der Waals surface area contributed by atoms with Crippen LogP contribution in [0.25, 0.3) is 0 Å². The van der Waals surface area contributed by atoms with Gasteiger partial charge in [0.2, 0.25) is 0 Å². The molecule has 0 amide bonds. The summed E-state index contributed by atoms with van der Waals surface area (Å²) >= 11 is 0. The molecule has 0 N–H and O–H groups in total. The molecule has 2 heterocycles. The van der Waals surface area contributed by atoms with Gasteiger partial charge in [0.15, 0.2) is 8.32 Å². The fraction of sp³-hybridized carbons (Fsp3) is 0.560. The minimum absolute atomic E-state index is 0.0315. The van der Waals surface area contributed by atoms with Crippen molar-refractivity contribution in [3.8, 4) is 0 Å². The zero-order valence-corrected chi connectivity index (χ0v) is 21.9. The first-order valence-corrected chi connectivity index (χ1v) is 14.6. The molecule has 1 aliphatic rings. The van der Waals surface area contributed by atoms with Crippen molar-refractivity contribution in [1.29, 1.82) is 0 Å². The molecule has 2 aromatic rings. The summed E-state index contributed by atoms with van der Waals surface area (Å²) in [4.78, 5) is 38.2. The van der Waals surface area contributed by atoms with Gasteiger partial charge in [-0.15, -0.1) is 0 Å². The molecule has 34 heavy (non-hydrogen) atoms. The van der Waals surface area contributed by atoms with E-state index in [0.717, 1.165) is 4.57 Å². The third-order valence-electron chi connectivity index (χ3n) is 7.00. The van der Waals surface area contributed by atoms with Crippen molar-refractivity contribution in [2.24, 2.45) is 0 Å². The molecule has 0 spiro atoms. The Bertz CT molecular complexity index is 1130. The van der Waals surface area contributed by atoms with E-state index in [1.54, 1.807) is 31.2 Å². The van der Waals surface area contributed by atoms with E-state index < -0.39 is 37.8 Å². The molecule has 3 atom stereocenters. The van der Waals surface area contributed by atoms with Gasteiger partial charge in [0.25, 0.3) is 5.56 Å². The standard InChI is InChI=1S/C25H36N2O6Si/c1-17-15-26(21-13-12-19(33-21)16-32-34(5,6)25(2,3)4)24(31)27(22(17)28)20(23(29)30)14-18-10-8-7-9-11-18/h7-11,15,19-21H,12-14,16H2,1-6H3,(H,29,30)/p-1/t19-,20?,21+/m0/s1. The van der Waals surface area contributed by atoms with Crippen molar-refractivity contribution in [3.63, 3.8) is 0 Å². The van der Waals surface area contributed by atoms with Crippen molar-refractivity contribution in [2.45, 2.75) is 83.5 Å². The zero-order valence-electron chi connectivity index (χ0n) is 20.9. The Morgan fingerprint density at radius 1 is 1.21 bits per heavy atom. The maximum atomic E-state index is 13.4. The Morgan fingerprint density at radius 2 is 1.85 bits per heavy atom. The summed E-state index contributed by atoms with van der Waals surface area (Å²) in [6, 6.07) is 7.44. The summed E-state index contributed by atoms with van der Waals surface area (Å²) in [6.45, 7) is 12.9. The summed E-state index contributed by atoms with van der Waals surface area (Å²) in [5.74, 6) is -1.48. The van der Waals surface area contributed by atoms with Gasteiger partial charge in [-0.05, 0) is 49.9 Å². The lowest BCUT2D eigenvalue weighted by molar-refractivity contribution is -0.310. The van der Waals surface area contributed by atoms with Crippen molar-refractivity contribution in [1.82, 2.24) is 9.13 Å². The van der Waals surface area contributed by atoms with Gasteiger partial charge in [-0.3, -0.25) is 13.9 Å². The quantitative estimate of drug-likeness (QED) is 0.530. The third kappa shape index (κ3) is 5.59. The van der Waals surface area contributed by atoms with Gasteiger partial charge in [-0.25, -0.2) is 4.79 Å². The molecule has 3 rings (SSSR count). The second kappa shape index (κ2) is 10.0. The van der Waals surface area contributed by atoms with Crippen LogP contribution in [0.5, 0.6) is 0 Å². The van der Waals surface area contributed by atoms with Gasteiger partial charge in [0.05, 0.1) is 24.7 Å². The van der Waals surface area contributed by atoms with Crippen LogP contribution in [-0.4, -0.2) is 36.1 Å². The molecule has 1 fully saturated rings. The number of nitrogens with zero attached hydrogens (tertiary/aromatic N) is 2. The number of aromatic nitrogens is 2. The van der Waals surface area contributed by atoms with Crippen LogP contribution in [0.1, 0.15) is 57.0 Å². The average Bonchev–Trinajstić information content (AvgIpc) is 3.23. The number of carbonyl (C=O) groups is 1. The van der Waals surface area contributed by atoms with Crippen molar-refractivity contribution < 1.29 is 19.1 Å². The van der Waals surface area contributed by atoms with Crippen LogP contribution in [0.15, 0.2) is 46.1 Å². The summed E-state index contributed by atoms with van der Waals surface area (Å²) in [5.41, 5.74) is -0.390. The minimum Gasteiger partial charge on any atom is -0.548 e. The molecule has 1 unspecified atom stereocenters. The normalized spacial score (nSPS) is 19.8. The number of rotatable bonds is 8. The van der Waals surface area contributed by atoms with E-state index in [2.05, 4.69) is 33.9 Å². The van der Waals surface area contributed by atoms with Crippen LogP contribution >= 0.6 is 0 Å². The maximum Gasteiger partial charge on any atom is 0.333 e. The minimum atomic E-state index is -1.94. The monoisotopic (exact) mass is 487 g/mol. The Balaban J connectivity index is 1.86. The SMILES string of the molecule is Cc1cn([C@H]2CC[C@@H](CO[Si](C)(C)C(C)(C)C)O2)c(=O)n(C(Cc2ccccc2)C(=O)[O-])c1=O. The van der Waals surface area contributed by atoms with E-state index >= 15 is 0 Å². The van der Waals surface area contributed by atoms with E-state index in [9.17, 15) is 19.5 Å². The summed E-state index contributed by atoms with van der Waals surface area (Å²) < 4.78 is 14.5. The molecule has 1 aromatic carbocycles. The van der Waals surface area contributed by atoms with Crippen LogP contribution in [-0.2, 0) is 20.4 Å². The second-order valence-electron chi connectivity index (χ2n) is 10.6. The maximum absolute atomic E-state index is 13.4.